The van der Waals surface area contributed by atoms with Crippen LogP contribution in [0.25, 0.3) is 0 Å². The Kier molecular flexibility index (Phi) is 4.77. The van der Waals surface area contributed by atoms with Gasteiger partial charge in [-0.25, -0.2) is 0 Å². The summed E-state index contributed by atoms with van der Waals surface area (Å²) >= 11 is 1.35. The lowest BCUT2D eigenvalue weighted by atomic mass is 10.2. The minimum Gasteiger partial charge on any atom is -0.543 e. The number of hydrazone groups is 1. The average Bonchev–Trinajstić information content (AvgIpc) is 2.27. The van der Waals surface area contributed by atoms with Gasteiger partial charge in [0.2, 0.25) is 0 Å². The summed E-state index contributed by atoms with van der Waals surface area (Å²) in [5.41, 5.74) is 2.60. The molecule has 0 aliphatic carbocycles. The lowest BCUT2D eigenvalue weighted by Crippen LogP contribution is -2.41. The maximum Gasteiger partial charge on any atom is 0.177 e. The first kappa shape index (κ1) is 12.5. The number of nitrogens with zero attached hydrogens (tertiary/aromatic N) is 3. The summed E-state index contributed by atoms with van der Waals surface area (Å²) in [5.74, 6) is -1.05. The van der Waals surface area contributed by atoms with Gasteiger partial charge in [-0.15, -0.1) is 0 Å². The smallest absolute Gasteiger partial charge is 0.177 e. The minimum atomic E-state index is -1.42. The zero-order chi connectivity index (χ0) is 12.0. The number of carboxylic acid groups (broad SMARTS) is 1. The second kappa shape index (κ2) is 6.11. The molecule has 16 heavy (non-hydrogen) atoms. The van der Waals surface area contributed by atoms with Crippen molar-refractivity contribution in [1.82, 2.24) is 5.43 Å². The second-order valence-electron chi connectivity index (χ2n) is 2.65. The molecule has 0 unspecified atom stereocenters. The van der Waals surface area contributed by atoms with Crippen LogP contribution in [0.5, 0.6) is 0 Å². The molecule has 1 aliphatic heterocycles. The molecule has 0 fully saturated rings. The Bertz CT molecular complexity index is 364. The van der Waals surface area contributed by atoms with Crippen molar-refractivity contribution in [3.05, 3.63) is 0 Å². The normalized spacial score (nSPS) is 19.0. The Morgan fingerprint density at radius 1 is 1.75 bits per heavy atom. The Balaban J connectivity index is 2.80. The van der Waals surface area contributed by atoms with Gasteiger partial charge in [-0.2, -0.15) is 5.10 Å². The van der Waals surface area contributed by atoms with Crippen molar-refractivity contribution in [2.24, 2.45) is 15.2 Å². The maximum atomic E-state index is 10.7. The van der Waals surface area contributed by atoms with Crippen LogP contribution in [0, 0.1) is 0 Å². The van der Waals surface area contributed by atoms with Crippen LogP contribution in [-0.4, -0.2) is 42.0 Å². The zero-order valence-corrected chi connectivity index (χ0v) is 9.71. The van der Waals surface area contributed by atoms with E-state index in [1.807, 2.05) is 6.92 Å². The fourth-order valence-electron chi connectivity index (χ4n) is 0.962. The SMILES string of the molecule is CCN=C1NN=C(/C(=N/OC)C(=O)[O-])CS1. The van der Waals surface area contributed by atoms with Crippen molar-refractivity contribution in [3.63, 3.8) is 0 Å². The van der Waals surface area contributed by atoms with E-state index >= 15 is 0 Å². The summed E-state index contributed by atoms with van der Waals surface area (Å²) < 4.78 is 0. The van der Waals surface area contributed by atoms with E-state index in [0.717, 1.165) is 0 Å². The molecule has 1 heterocycles. The molecular weight excluding hydrogens is 232 g/mol. The molecule has 1 aliphatic rings. The molecular formula is C8H11N4O3S-. The number of oxime groups is 1. The van der Waals surface area contributed by atoms with E-state index in [0.29, 0.717) is 17.5 Å². The number of thioether (sulfide) groups is 1. The van der Waals surface area contributed by atoms with Gasteiger partial charge in [-0.05, 0) is 6.92 Å². The highest BCUT2D eigenvalue weighted by atomic mass is 32.2. The first-order chi connectivity index (χ1) is 7.69. The van der Waals surface area contributed by atoms with Crippen LogP contribution in [0.2, 0.25) is 0 Å². The first-order valence-electron chi connectivity index (χ1n) is 4.51. The standard InChI is InChI=1S/C8H12N4O3S/c1-3-9-8-11-10-5(4-16-8)6(7(13)14)12-15-2/h3-4H2,1-2H3,(H,9,11)(H,13,14)/p-1/b12-6-. The van der Waals surface area contributed by atoms with E-state index in [1.165, 1.54) is 18.9 Å². The molecule has 8 heteroatoms. The van der Waals surface area contributed by atoms with Gasteiger partial charge in [0.25, 0.3) is 0 Å². The largest absolute Gasteiger partial charge is 0.543 e. The number of hydrogen-bond acceptors (Lipinski definition) is 7. The fraction of sp³-hybridized carbons (Fsp3) is 0.500. The molecule has 1 rings (SSSR count). The highest BCUT2D eigenvalue weighted by molar-refractivity contribution is 8.14. The average molecular weight is 243 g/mol. The second-order valence-corrected chi connectivity index (χ2v) is 3.61. The van der Waals surface area contributed by atoms with Crippen molar-refractivity contribution >= 4 is 34.3 Å². The van der Waals surface area contributed by atoms with Crippen LogP contribution < -0.4 is 10.5 Å². The Labute approximate surface area is 96.6 Å². The van der Waals surface area contributed by atoms with Gasteiger partial charge >= 0.3 is 0 Å². The molecule has 0 aromatic rings. The van der Waals surface area contributed by atoms with Gasteiger partial charge in [0.15, 0.2) is 5.17 Å². The summed E-state index contributed by atoms with van der Waals surface area (Å²) in [5, 5.41) is 18.6. The number of aliphatic imine (C=N–C) groups is 1. The van der Waals surface area contributed by atoms with Gasteiger partial charge in [0.1, 0.15) is 18.5 Å². The highest BCUT2D eigenvalue weighted by Gasteiger charge is 2.17. The molecule has 1 N–H and O–H groups in total. The number of amidine groups is 1. The van der Waals surface area contributed by atoms with Crippen molar-refractivity contribution in [3.8, 4) is 0 Å². The molecule has 0 amide bonds. The number of carbonyl (C=O) groups is 1. The molecule has 0 spiro atoms. The maximum absolute atomic E-state index is 10.7. The van der Waals surface area contributed by atoms with E-state index in [-0.39, 0.29) is 11.4 Å². The van der Waals surface area contributed by atoms with Gasteiger partial charge in [-0.3, -0.25) is 10.4 Å². The number of aliphatic carboxylic acids is 1. The topological polar surface area (TPSA) is 98.5 Å². The van der Waals surface area contributed by atoms with Crippen LogP contribution in [0.1, 0.15) is 6.92 Å². The summed E-state index contributed by atoms with van der Waals surface area (Å²) in [6.45, 7) is 2.53. The van der Waals surface area contributed by atoms with Crippen molar-refractivity contribution in [1.29, 1.82) is 0 Å². The van der Waals surface area contributed by atoms with Crippen LogP contribution in [0.4, 0.5) is 0 Å². The predicted molar refractivity (Wildman–Crippen MR) is 60.5 cm³/mol. The molecule has 0 atom stereocenters. The van der Waals surface area contributed by atoms with E-state index in [9.17, 15) is 9.90 Å². The van der Waals surface area contributed by atoms with Crippen LogP contribution >= 0.6 is 11.8 Å². The lowest BCUT2D eigenvalue weighted by Gasteiger charge is -2.15. The van der Waals surface area contributed by atoms with Gasteiger partial charge in [-0.1, -0.05) is 16.9 Å². The number of carbonyl (C=O) groups excluding carboxylic acids is 1. The highest BCUT2D eigenvalue weighted by Crippen LogP contribution is 2.09. The quantitative estimate of drug-likeness (QED) is 0.494. The number of hydrogen-bond donors (Lipinski definition) is 1. The van der Waals surface area contributed by atoms with E-state index < -0.39 is 5.97 Å². The molecule has 0 saturated carbocycles. The van der Waals surface area contributed by atoms with Crippen molar-refractivity contribution in [2.75, 3.05) is 19.4 Å². The van der Waals surface area contributed by atoms with Crippen LogP contribution in [0.15, 0.2) is 15.2 Å². The third-order valence-electron chi connectivity index (χ3n) is 1.58. The lowest BCUT2D eigenvalue weighted by molar-refractivity contribution is -0.294. The molecule has 0 aromatic heterocycles. The molecule has 88 valence electrons. The molecule has 0 radical (unpaired) electrons. The molecule has 0 saturated heterocycles. The van der Waals surface area contributed by atoms with E-state index in [2.05, 4.69) is 25.5 Å². The van der Waals surface area contributed by atoms with Gasteiger partial charge < -0.3 is 14.7 Å². The Morgan fingerprint density at radius 3 is 2.94 bits per heavy atom. The Hall–Kier alpha value is -1.57. The minimum absolute atomic E-state index is 0.266. The van der Waals surface area contributed by atoms with Crippen molar-refractivity contribution < 1.29 is 14.7 Å². The van der Waals surface area contributed by atoms with E-state index in [1.54, 1.807) is 0 Å². The van der Waals surface area contributed by atoms with Gasteiger partial charge in [0.05, 0.1) is 5.97 Å². The summed E-state index contributed by atoms with van der Waals surface area (Å²) in [7, 11) is 1.26. The third-order valence-corrected chi connectivity index (χ3v) is 2.49. The van der Waals surface area contributed by atoms with Gasteiger partial charge in [0, 0.05) is 12.3 Å². The fourth-order valence-corrected chi connectivity index (χ4v) is 1.77. The number of nitrogens with one attached hydrogen (secondary N) is 1. The predicted octanol–water partition coefficient (Wildman–Crippen LogP) is -1.19. The van der Waals surface area contributed by atoms with Crippen molar-refractivity contribution in [2.45, 2.75) is 6.92 Å². The summed E-state index contributed by atoms with van der Waals surface area (Å²) in [6, 6.07) is 0. The van der Waals surface area contributed by atoms with Crippen LogP contribution in [-0.2, 0) is 9.63 Å². The number of carboxylic acids is 1. The zero-order valence-electron chi connectivity index (χ0n) is 8.89. The first-order valence-corrected chi connectivity index (χ1v) is 5.50. The monoisotopic (exact) mass is 243 g/mol. The molecule has 0 aromatic carbocycles. The third kappa shape index (κ3) is 3.23. The summed E-state index contributed by atoms with van der Waals surface area (Å²) in [4.78, 5) is 19.2. The van der Waals surface area contributed by atoms with Crippen LogP contribution in [0.3, 0.4) is 0 Å². The Morgan fingerprint density at radius 2 is 2.50 bits per heavy atom. The number of rotatable bonds is 4. The van der Waals surface area contributed by atoms with E-state index in [4.69, 9.17) is 0 Å². The summed E-state index contributed by atoms with van der Waals surface area (Å²) in [6.07, 6.45) is 0. The molecule has 0 bridgehead atoms. The molecule has 7 nitrogen and oxygen atoms in total.